The van der Waals surface area contributed by atoms with E-state index in [-0.39, 0.29) is 17.8 Å². The number of hydrogen-bond donors (Lipinski definition) is 0. The molecule has 0 aliphatic carbocycles. The lowest BCUT2D eigenvalue weighted by Crippen LogP contribution is -2.38. The highest BCUT2D eigenvalue weighted by molar-refractivity contribution is 5.86. The van der Waals surface area contributed by atoms with Crippen molar-refractivity contribution in [2.75, 3.05) is 56.3 Å². The largest absolute Gasteiger partial charge is 0.497 e. The first-order chi connectivity index (χ1) is 35.7. The van der Waals surface area contributed by atoms with Crippen molar-refractivity contribution in [2.24, 2.45) is 0 Å². The maximum Gasteiger partial charge on any atom is 0.139 e. The molecule has 8 aromatic rings. The maximum atomic E-state index is 13.6. The number of nitrogens with zero attached hydrogens (tertiary/aromatic N) is 10. The van der Waals surface area contributed by atoms with Gasteiger partial charge in [0.2, 0.25) is 0 Å². The summed E-state index contributed by atoms with van der Waals surface area (Å²) < 4.78 is 46.0. The summed E-state index contributed by atoms with van der Waals surface area (Å²) in [5.41, 5.74) is 6.88. The fraction of sp³-hybridized carbons (Fsp3) is 0.263. The average Bonchev–Trinajstić information content (AvgIpc) is 4.06. The molecule has 15 nitrogen and oxygen atoms in total. The zero-order chi connectivity index (χ0) is 50.8. The summed E-state index contributed by atoms with van der Waals surface area (Å²) in [7, 11) is 1.62. The topological polar surface area (TPSA) is 161 Å². The lowest BCUT2D eigenvalue weighted by molar-refractivity contribution is 0.170. The summed E-state index contributed by atoms with van der Waals surface area (Å²) in [4.78, 5) is 13.9. The Hall–Kier alpha value is -9.25. The number of fused-ring (bicyclic) bond motifs is 2. The summed E-state index contributed by atoms with van der Waals surface area (Å²) in [6.07, 6.45) is 24.7. The molecule has 73 heavy (non-hydrogen) atoms. The van der Waals surface area contributed by atoms with Gasteiger partial charge in [-0.05, 0) is 80.6 Å². The number of terminal acetylenes is 2. The van der Waals surface area contributed by atoms with Crippen LogP contribution < -0.4 is 33.5 Å². The Balaban J connectivity index is 0.000000180. The van der Waals surface area contributed by atoms with Gasteiger partial charge in [-0.3, -0.25) is 0 Å². The Morgan fingerprint density at radius 3 is 1.53 bits per heavy atom. The number of ether oxygens (including phenoxy) is 5. The smallest absolute Gasteiger partial charge is 0.139 e. The molecule has 2 fully saturated rings. The molecule has 366 valence electrons. The van der Waals surface area contributed by atoms with Gasteiger partial charge in [-0.1, -0.05) is 11.8 Å². The molecule has 0 amide bonds. The zero-order valence-electron chi connectivity index (χ0n) is 40.7. The maximum absolute atomic E-state index is 13.6. The SMILES string of the molecule is C#Cc1cc(OC)cc(OC2CCN(c3ccc(-c4cc(OCC)cn5ncc(C#N)c45)cn3)CC2)c1.C#Cc1cc(OC2CCN(c3ccc(-c4cc(OCC)cn5ncc(C#N)c45)cn3)CC2)ccc1F. The van der Waals surface area contributed by atoms with E-state index in [1.807, 2.05) is 80.8 Å². The number of rotatable bonds is 13. The van der Waals surface area contributed by atoms with Crippen LogP contribution >= 0.6 is 0 Å². The van der Waals surface area contributed by atoms with Crippen LogP contribution in [0.15, 0.2) is 110 Å². The Bertz CT molecular complexity index is 3420. The molecule has 2 aromatic carbocycles. The van der Waals surface area contributed by atoms with Gasteiger partial charge in [0.1, 0.15) is 70.5 Å². The third-order valence-corrected chi connectivity index (χ3v) is 12.7. The predicted molar refractivity (Wildman–Crippen MR) is 276 cm³/mol. The van der Waals surface area contributed by atoms with Crippen molar-refractivity contribution in [1.29, 1.82) is 10.5 Å². The van der Waals surface area contributed by atoms with Crippen molar-refractivity contribution in [3.8, 4) is 87.8 Å². The molecular weight excluding hydrogens is 924 g/mol. The second kappa shape index (κ2) is 22.2. The molecule has 6 aromatic heterocycles. The van der Waals surface area contributed by atoms with Crippen LogP contribution in [-0.4, -0.2) is 87.9 Å². The van der Waals surface area contributed by atoms with E-state index >= 15 is 0 Å². The Kier molecular flexibility index (Phi) is 14.8. The van der Waals surface area contributed by atoms with Gasteiger partial charge in [-0.2, -0.15) is 20.7 Å². The summed E-state index contributed by atoms with van der Waals surface area (Å²) in [5, 5.41) is 27.7. The van der Waals surface area contributed by atoms with Crippen molar-refractivity contribution in [1.82, 2.24) is 29.2 Å². The van der Waals surface area contributed by atoms with E-state index in [0.717, 1.165) is 108 Å². The minimum Gasteiger partial charge on any atom is -0.497 e. The number of hydrogen-bond acceptors (Lipinski definition) is 13. The first-order valence-electron chi connectivity index (χ1n) is 24.0. The van der Waals surface area contributed by atoms with Crippen molar-refractivity contribution in [3.05, 3.63) is 138 Å². The first-order valence-corrected chi connectivity index (χ1v) is 24.0. The molecule has 0 atom stereocenters. The van der Waals surface area contributed by atoms with Gasteiger partial charge in [0.05, 0.1) is 72.8 Å². The highest BCUT2D eigenvalue weighted by Crippen LogP contribution is 2.34. The molecule has 0 spiro atoms. The molecule has 10 rings (SSSR count). The summed E-state index contributed by atoms with van der Waals surface area (Å²) in [6, 6.07) is 26.4. The predicted octanol–water partition coefficient (Wildman–Crippen LogP) is 9.54. The average molecular weight is 975 g/mol. The fourth-order valence-electron chi connectivity index (χ4n) is 9.07. The second-order valence-corrected chi connectivity index (χ2v) is 17.2. The highest BCUT2D eigenvalue weighted by Gasteiger charge is 2.24. The third kappa shape index (κ3) is 10.9. The third-order valence-electron chi connectivity index (χ3n) is 12.7. The van der Waals surface area contributed by atoms with Crippen molar-refractivity contribution < 1.29 is 28.1 Å². The number of nitriles is 2. The number of pyridine rings is 4. The van der Waals surface area contributed by atoms with Gasteiger partial charge in [0.15, 0.2) is 0 Å². The molecule has 16 heteroatoms. The molecule has 8 heterocycles. The van der Waals surface area contributed by atoms with Crippen molar-refractivity contribution in [3.63, 3.8) is 0 Å². The van der Waals surface area contributed by atoms with Crippen LogP contribution in [0.25, 0.3) is 33.3 Å². The van der Waals surface area contributed by atoms with E-state index in [1.165, 1.54) is 6.07 Å². The Morgan fingerprint density at radius 1 is 0.589 bits per heavy atom. The van der Waals surface area contributed by atoms with Gasteiger partial charge in [-0.25, -0.2) is 23.4 Å². The lowest BCUT2D eigenvalue weighted by atomic mass is 10.0. The lowest BCUT2D eigenvalue weighted by Gasteiger charge is -2.33. The van der Waals surface area contributed by atoms with Crippen LogP contribution in [0, 0.1) is 53.2 Å². The van der Waals surface area contributed by atoms with E-state index in [9.17, 15) is 14.9 Å². The normalized spacial score (nSPS) is 13.8. The molecule has 0 radical (unpaired) electrons. The minimum atomic E-state index is -0.420. The molecule has 2 aliphatic heterocycles. The molecule has 2 saturated heterocycles. The number of anilines is 2. The molecule has 0 N–H and O–H groups in total. The van der Waals surface area contributed by atoms with E-state index in [1.54, 1.807) is 53.1 Å². The van der Waals surface area contributed by atoms with Gasteiger partial charge in [-0.15, -0.1) is 12.8 Å². The summed E-state index contributed by atoms with van der Waals surface area (Å²) in [6.45, 7) is 8.15. The number of benzene rings is 2. The minimum absolute atomic E-state index is 0.0254. The quantitative estimate of drug-likeness (QED) is 0.101. The van der Waals surface area contributed by atoms with E-state index < -0.39 is 5.82 Å². The van der Waals surface area contributed by atoms with Crippen LogP contribution in [0.1, 0.15) is 61.8 Å². The van der Waals surface area contributed by atoms with Gasteiger partial charge in [0.25, 0.3) is 0 Å². The Morgan fingerprint density at radius 2 is 1.10 bits per heavy atom. The zero-order valence-corrected chi connectivity index (χ0v) is 40.7. The number of aromatic nitrogens is 6. The summed E-state index contributed by atoms with van der Waals surface area (Å²) >= 11 is 0. The Labute approximate surface area is 422 Å². The van der Waals surface area contributed by atoms with Gasteiger partial charge in [0, 0.05) is 98.1 Å². The van der Waals surface area contributed by atoms with E-state index in [0.29, 0.717) is 47.3 Å². The standard InChI is InChI=1S/C29H27N5O3.C28H24FN5O2/c1-4-20-12-24(35-3)14-25(13-20)37-23-8-10-33(11-9-23)28-7-6-21(17-31-28)27-15-26(36-5-2)19-34-29(27)22(16-30)18-32-34;1-3-19-13-23(6-7-26(19)29)36-22-9-11-33(12-10-22)27-8-5-20(16-31-27)25-14-24(35-4-2)18-34-28(25)21(15-30)17-32-34/h1,6-7,12-15,17-19,23H,5,8-11H2,2-3H3;1,5-8,13-14,16-18,22H,4,9-12H2,2H3. The molecule has 0 bridgehead atoms. The molecule has 0 saturated carbocycles. The van der Waals surface area contributed by atoms with Crippen LogP contribution in [0.4, 0.5) is 16.0 Å². The van der Waals surface area contributed by atoms with Gasteiger partial charge >= 0.3 is 0 Å². The van der Waals surface area contributed by atoms with Crippen molar-refractivity contribution in [2.45, 2.75) is 51.7 Å². The molecule has 0 unspecified atom stereocenters. The monoisotopic (exact) mass is 974 g/mol. The molecule has 2 aliphatic rings. The van der Waals surface area contributed by atoms with Crippen LogP contribution in [-0.2, 0) is 0 Å². The van der Waals surface area contributed by atoms with E-state index in [2.05, 4.69) is 44.0 Å². The number of halogens is 1. The fourth-order valence-corrected chi connectivity index (χ4v) is 9.07. The highest BCUT2D eigenvalue weighted by atomic mass is 19.1. The first kappa shape index (κ1) is 48.8. The molecular formula is C57H51FN10O5. The van der Waals surface area contributed by atoms with Gasteiger partial charge < -0.3 is 33.5 Å². The van der Waals surface area contributed by atoms with Crippen LogP contribution in [0.2, 0.25) is 0 Å². The van der Waals surface area contributed by atoms with E-state index in [4.69, 9.17) is 46.5 Å². The second-order valence-electron chi connectivity index (χ2n) is 17.2. The number of methoxy groups -OCH3 is 1. The number of piperidine rings is 2. The van der Waals surface area contributed by atoms with Crippen LogP contribution in [0.3, 0.4) is 0 Å². The van der Waals surface area contributed by atoms with Crippen LogP contribution in [0.5, 0.6) is 28.7 Å². The summed E-state index contributed by atoms with van der Waals surface area (Å²) in [5.74, 6) is 9.71. The van der Waals surface area contributed by atoms with Crippen molar-refractivity contribution >= 4 is 22.7 Å².